The molecule has 0 bridgehead atoms. The van der Waals surface area contributed by atoms with E-state index in [4.69, 9.17) is 0 Å². The fourth-order valence-electron chi connectivity index (χ4n) is 2.56. The van der Waals surface area contributed by atoms with Gasteiger partial charge in [0.2, 0.25) is 0 Å². The van der Waals surface area contributed by atoms with Crippen molar-refractivity contribution in [2.75, 3.05) is 0 Å². The maximum atomic E-state index is 4.62. The van der Waals surface area contributed by atoms with Gasteiger partial charge in [-0.1, -0.05) is 66.4 Å². The number of imidazole rings is 1. The molecule has 0 fully saturated rings. The average molecular weight is 290 g/mol. The summed E-state index contributed by atoms with van der Waals surface area (Å²) in [6.45, 7) is 0. The largest absolute Gasteiger partial charge is 0.333 e. The first kappa shape index (κ1) is 12.5. The molecule has 0 radical (unpaired) electrons. The van der Waals surface area contributed by atoms with E-state index in [2.05, 4.69) is 58.5 Å². The molecule has 1 aromatic heterocycles. The molecule has 3 heteroatoms. The summed E-state index contributed by atoms with van der Waals surface area (Å²) >= 11 is 1.75. The third-order valence-electron chi connectivity index (χ3n) is 3.61. The first-order chi connectivity index (χ1) is 10.4. The van der Waals surface area contributed by atoms with Crippen molar-refractivity contribution in [1.29, 1.82) is 0 Å². The monoisotopic (exact) mass is 290 g/mol. The Hall–Kier alpha value is -2.26. The Labute approximate surface area is 127 Å². The summed E-state index contributed by atoms with van der Waals surface area (Å²) in [4.78, 5) is 7.98. The minimum absolute atomic E-state index is 0.918. The van der Waals surface area contributed by atoms with E-state index in [9.17, 15) is 0 Å². The smallest absolute Gasteiger partial charge is 0.166 e. The Morgan fingerprint density at radius 3 is 2.62 bits per heavy atom. The van der Waals surface area contributed by atoms with E-state index >= 15 is 0 Å². The van der Waals surface area contributed by atoms with Gasteiger partial charge in [-0.3, -0.25) is 0 Å². The standard InChI is InChI=1S/C18H14N2S/c1-2-9-15-13(6-1)7-5-8-14(15)12-21-18-19-16-10-3-4-11-17(16)20-18/h1-11H,12H2,(H,19,20). The molecule has 0 aliphatic rings. The number of aromatic nitrogens is 2. The molecule has 21 heavy (non-hydrogen) atoms. The average Bonchev–Trinajstić information content (AvgIpc) is 2.96. The topological polar surface area (TPSA) is 28.7 Å². The van der Waals surface area contributed by atoms with Crippen molar-refractivity contribution in [3.8, 4) is 0 Å². The van der Waals surface area contributed by atoms with Gasteiger partial charge in [0.05, 0.1) is 11.0 Å². The molecule has 3 aromatic carbocycles. The second-order valence-corrected chi connectivity index (χ2v) is 5.95. The lowest BCUT2D eigenvalue weighted by Gasteiger charge is -2.04. The van der Waals surface area contributed by atoms with Crippen LogP contribution >= 0.6 is 11.8 Å². The number of aromatic amines is 1. The van der Waals surface area contributed by atoms with Gasteiger partial charge in [0.25, 0.3) is 0 Å². The molecule has 4 rings (SSSR count). The van der Waals surface area contributed by atoms with Gasteiger partial charge in [0.1, 0.15) is 0 Å². The van der Waals surface area contributed by atoms with Crippen LogP contribution < -0.4 is 0 Å². The Bertz CT molecular complexity index is 873. The van der Waals surface area contributed by atoms with E-state index in [0.29, 0.717) is 0 Å². The van der Waals surface area contributed by atoms with Crippen molar-refractivity contribution < 1.29 is 0 Å². The van der Waals surface area contributed by atoms with Gasteiger partial charge >= 0.3 is 0 Å². The van der Waals surface area contributed by atoms with Crippen LogP contribution in [0.3, 0.4) is 0 Å². The third-order valence-corrected chi connectivity index (χ3v) is 4.53. The van der Waals surface area contributed by atoms with Gasteiger partial charge in [0.15, 0.2) is 5.16 Å². The molecular formula is C18H14N2S. The molecule has 0 saturated heterocycles. The highest BCUT2D eigenvalue weighted by molar-refractivity contribution is 7.98. The molecule has 0 aliphatic carbocycles. The predicted octanol–water partition coefficient (Wildman–Crippen LogP) is 5.01. The lowest BCUT2D eigenvalue weighted by atomic mass is 10.1. The maximum absolute atomic E-state index is 4.62. The molecule has 4 aromatic rings. The molecular weight excluding hydrogens is 276 g/mol. The van der Waals surface area contributed by atoms with Crippen molar-refractivity contribution in [2.45, 2.75) is 10.9 Å². The lowest BCUT2D eigenvalue weighted by Crippen LogP contribution is -1.84. The van der Waals surface area contributed by atoms with E-state index < -0.39 is 0 Å². The Balaban J connectivity index is 1.63. The van der Waals surface area contributed by atoms with Gasteiger partial charge < -0.3 is 4.98 Å². The van der Waals surface area contributed by atoms with Crippen LogP contribution in [0.1, 0.15) is 5.56 Å². The quantitative estimate of drug-likeness (QED) is 0.537. The summed E-state index contributed by atoms with van der Waals surface area (Å²) < 4.78 is 0. The van der Waals surface area contributed by atoms with E-state index in [1.54, 1.807) is 11.8 Å². The molecule has 0 atom stereocenters. The number of nitrogens with zero attached hydrogens (tertiary/aromatic N) is 1. The number of hydrogen-bond acceptors (Lipinski definition) is 2. The molecule has 102 valence electrons. The highest BCUT2D eigenvalue weighted by Crippen LogP contribution is 2.27. The van der Waals surface area contributed by atoms with Gasteiger partial charge in [-0.05, 0) is 28.5 Å². The summed E-state index contributed by atoms with van der Waals surface area (Å²) in [5.74, 6) is 0.918. The van der Waals surface area contributed by atoms with E-state index in [0.717, 1.165) is 21.9 Å². The van der Waals surface area contributed by atoms with Crippen molar-refractivity contribution in [3.63, 3.8) is 0 Å². The van der Waals surface area contributed by atoms with Gasteiger partial charge in [0, 0.05) is 5.75 Å². The zero-order valence-electron chi connectivity index (χ0n) is 11.4. The number of benzene rings is 3. The predicted molar refractivity (Wildman–Crippen MR) is 89.6 cm³/mol. The number of H-pyrrole nitrogens is 1. The molecule has 0 saturated carbocycles. The third kappa shape index (κ3) is 2.41. The molecule has 2 nitrogen and oxygen atoms in total. The molecule has 1 N–H and O–H groups in total. The SMILES string of the molecule is c1ccc2c(CSc3nc4ccccc4[nH]3)cccc2c1. The Morgan fingerprint density at radius 1 is 0.857 bits per heavy atom. The summed E-state index contributed by atoms with van der Waals surface area (Å²) in [7, 11) is 0. The number of thioether (sulfide) groups is 1. The van der Waals surface area contributed by atoms with Crippen LogP contribution in [-0.4, -0.2) is 9.97 Å². The summed E-state index contributed by atoms with van der Waals surface area (Å²) in [5.41, 5.74) is 3.47. The zero-order valence-corrected chi connectivity index (χ0v) is 12.2. The fraction of sp³-hybridized carbons (Fsp3) is 0.0556. The van der Waals surface area contributed by atoms with Crippen molar-refractivity contribution >= 4 is 33.6 Å². The highest BCUT2D eigenvalue weighted by atomic mass is 32.2. The van der Waals surface area contributed by atoms with Crippen LogP contribution in [-0.2, 0) is 5.75 Å². The summed E-state index contributed by atoms with van der Waals surface area (Å²) in [6, 6.07) is 23.1. The number of fused-ring (bicyclic) bond motifs is 2. The Morgan fingerprint density at radius 2 is 1.67 bits per heavy atom. The normalized spacial score (nSPS) is 11.2. The Kier molecular flexibility index (Phi) is 3.13. The second kappa shape index (κ2) is 5.26. The van der Waals surface area contributed by atoms with E-state index in [1.165, 1.54) is 16.3 Å². The van der Waals surface area contributed by atoms with E-state index in [1.807, 2.05) is 18.2 Å². The fourth-order valence-corrected chi connectivity index (χ4v) is 3.45. The summed E-state index contributed by atoms with van der Waals surface area (Å²) in [6.07, 6.45) is 0. The number of nitrogens with one attached hydrogen (secondary N) is 1. The van der Waals surface area contributed by atoms with Crippen LogP contribution in [0.4, 0.5) is 0 Å². The van der Waals surface area contributed by atoms with Gasteiger partial charge in [-0.25, -0.2) is 4.98 Å². The molecule has 0 amide bonds. The first-order valence-corrected chi connectivity index (χ1v) is 7.93. The highest BCUT2D eigenvalue weighted by Gasteiger charge is 2.05. The molecule has 1 heterocycles. The van der Waals surface area contributed by atoms with Crippen LogP contribution in [0.2, 0.25) is 0 Å². The van der Waals surface area contributed by atoms with Gasteiger partial charge in [-0.15, -0.1) is 0 Å². The second-order valence-electron chi connectivity index (χ2n) is 4.99. The first-order valence-electron chi connectivity index (χ1n) is 6.94. The van der Waals surface area contributed by atoms with Crippen LogP contribution in [0, 0.1) is 0 Å². The van der Waals surface area contributed by atoms with Gasteiger partial charge in [-0.2, -0.15) is 0 Å². The number of rotatable bonds is 3. The minimum Gasteiger partial charge on any atom is -0.333 e. The van der Waals surface area contributed by atoms with Crippen LogP contribution in [0.5, 0.6) is 0 Å². The van der Waals surface area contributed by atoms with Crippen LogP contribution in [0.25, 0.3) is 21.8 Å². The molecule has 0 spiro atoms. The lowest BCUT2D eigenvalue weighted by molar-refractivity contribution is 1.08. The maximum Gasteiger partial charge on any atom is 0.166 e. The molecule has 0 unspecified atom stereocenters. The number of hydrogen-bond donors (Lipinski definition) is 1. The van der Waals surface area contributed by atoms with Crippen LogP contribution in [0.15, 0.2) is 71.9 Å². The van der Waals surface area contributed by atoms with Crippen molar-refractivity contribution in [3.05, 3.63) is 72.3 Å². The van der Waals surface area contributed by atoms with Crippen molar-refractivity contribution in [1.82, 2.24) is 9.97 Å². The zero-order chi connectivity index (χ0) is 14.1. The summed E-state index contributed by atoms with van der Waals surface area (Å²) in [5, 5.41) is 3.59. The number of para-hydroxylation sites is 2. The minimum atomic E-state index is 0.918. The van der Waals surface area contributed by atoms with Crippen molar-refractivity contribution in [2.24, 2.45) is 0 Å². The molecule has 0 aliphatic heterocycles. The van der Waals surface area contributed by atoms with E-state index in [-0.39, 0.29) is 0 Å².